The molecule has 2 rings (SSSR count). The van der Waals surface area contributed by atoms with E-state index in [2.05, 4.69) is 4.98 Å². The number of rotatable bonds is 3. The van der Waals surface area contributed by atoms with Crippen molar-refractivity contribution < 1.29 is 9.53 Å². The Kier molecular flexibility index (Phi) is 3.72. The van der Waals surface area contributed by atoms with Crippen molar-refractivity contribution in [3.8, 4) is 0 Å². The zero-order chi connectivity index (χ0) is 13.0. The number of hydrogen-bond donors (Lipinski definition) is 0. The first-order chi connectivity index (χ1) is 8.68. The lowest BCUT2D eigenvalue weighted by atomic mass is 10.0. The van der Waals surface area contributed by atoms with Crippen LogP contribution < -0.4 is 0 Å². The third-order valence-corrected chi connectivity index (χ3v) is 2.76. The van der Waals surface area contributed by atoms with Crippen LogP contribution in [0, 0.1) is 13.8 Å². The minimum absolute atomic E-state index is 0.202. The predicted molar refractivity (Wildman–Crippen MR) is 69.3 cm³/mol. The van der Waals surface area contributed by atoms with E-state index in [-0.39, 0.29) is 12.6 Å². The molecule has 0 saturated carbocycles. The molecule has 0 N–H and O–H groups in total. The molecule has 0 radical (unpaired) electrons. The SMILES string of the molecule is Cc1cccc(C)c1C(=O)OCc1ccccn1. The van der Waals surface area contributed by atoms with Crippen LogP contribution >= 0.6 is 0 Å². The molecule has 0 atom stereocenters. The molecule has 2 aromatic rings. The molecule has 18 heavy (non-hydrogen) atoms. The molecule has 3 nitrogen and oxygen atoms in total. The Bertz CT molecular complexity index is 529. The van der Waals surface area contributed by atoms with Crippen LogP contribution in [-0.4, -0.2) is 11.0 Å². The molecule has 0 aliphatic rings. The van der Waals surface area contributed by atoms with Gasteiger partial charge in [-0.05, 0) is 37.1 Å². The predicted octanol–water partition coefficient (Wildman–Crippen LogP) is 3.06. The highest BCUT2D eigenvalue weighted by molar-refractivity contribution is 5.92. The van der Waals surface area contributed by atoms with Crippen molar-refractivity contribution in [3.63, 3.8) is 0 Å². The van der Waals surface area contributed by atoms with Crippen molar-refractivity contribution in [3.05, 3.63) is 65.0 Å². The minimum Gasteiger partial charge on any atom is -0.456 e. The van der Waals surface area contributed by atoms with E-state index in [9.17, 15) is 4.79 Å². The van der Waals surface area contributed by atoms with E-state index in [1.165, 1.54) is 0 Å². The second-order valence-corrected chi connectivity index (χ2v) is 4.16. The average molecular weight is 241 g/mol. The van der Waals surface area contributed by atoms with Gasteiger partial charge in [-0.2, -0.15) is 0 Å². The number of aryl methyl sites for hydroxylation is 2. The molecule has 1 aromatic carbocycles. The van der Waals surface area contributed by atoms with E-state index >= 15 is 0 Å². The Labute approximate surface area is 106 Å². The van der Waals surface area contributed by atoms with Crippen molar-refractivity contribution in [1.29, 1.82) is 0 Å². The van der Waals surface area contributed by atoms with Crippen LogP contribution in [0.1, 0.15) is 27.2 Å². The lowest BCUT2D eigenvalue weighted by Crippen LogP contribution is -2.09. The zero-order valence-corrected chi connectivity index (χ0v) is 10.5. The molecule has 0 amide bonds. The molecule has 0 aliphatic carbocycles. The highest BCUT2D eigenvalue weighted by atomic mass is 16.5. The summed E-state index contributed by atoms with van der Waals surface area (Å²) in [6.07, 6.45) is 1.68. The van der Waals surface area contributed by atoms with Crippen molar-refractivity contribution in [2.45, 2.75) is 20.5 Å². The van der Waals surface area contributed by atoms with Gasteiger partial charge in [0.15, 0.2) is 0 Å². The van der Waals surface area contributed by atoms with Crippen LogP contribution in [0.15, 0.2) is 42.6 Å². The molecule has 0 fully saturated rings. The Morgan fingerprint density at radius 3 is 2.44 bits per heavy atom. The summed E-state index contributed by atoms with van der Waals surface area (Å²) in [5.41, 5.74) is 3.26. The maximum absolute atomic E-state index is 12.0. The average Bonchev–Trinajstić information content (AvgIpc) is 2.37. The number of hydrogen-bond acceptors (Lipinski definition) is 3. The molecule has 1 aromatic heterocycles. The lowest BCUT2D eigenvalue weighted by molar-refractivity contribution is 0.0466. The Balaban J connectivity index is 2.09. The second-order valence-electron chi connectivity index (χ2n) is 4.16. The molecular formula is C15H15NO2. The summed E-state index contributed by atoms with van der Waals surface area (Å²) in [5, 5.41) is 0. The first-order valence-corrected chi connectivity index (χ1v) is 5.81. The van der Waals surface area contributed by atoms with Crippen LogP contribution in [0.2, 0.25) is 0 Å². The maximum Gasteiger partial charge on any atom is 0.339 e. The summed E-state index contributed by atoms with van der Waals surface area (Å²) >= 11 is 0. The number of nitrogens with zero attached hydrogens (tertiary/aromatic N) is 1. The molecule has 0 spiro atoms. The molecule has 0 bridgehead atoms. The highest BCUT2D eigenvalue weighted by Crippen LogP contribution is 2.15. The van der Waals surface area contributed by atoms with Gasteiger partial charge in [0, 0.05) is 6.20 Å². The number of carbonyl (C=O) groups excluding carboxylic acids is 1. The molecule has 1 heterocycles. The molecule has 0 aliphatic heterocycles. The molecular weight excluding hydrogens is 226 g/mol. The van der Waals surface area contributed by atoms with E-state index in [4.69, 9.17) is 4.74 Å². The first-order valence-electron chi connectivity index (χ1n) is 5.81. The summed E-state index contributed by atoms with van der Waals surface area (Å²) in [6.45, 7) is 4.02. The second kappa shape index (κ2) is 5.45. The number of pyridine rings is 1. The van der Waals surface area contributed by atoms with E-state index in [1.54, 1.807) is 6.20 Å². The fourth-order valence-electron chi connectivity index (χ4n) is 1.83. The van der Waals surface area contributed by atoms with Gasteiger partial charge in [-0.25, -0.2) is 4.79 Å². The lowest BCUT2D eigenvalue weighted by Gasteiger charge is -2.09. The van der Waals surface area contributed by atoms with Crippen LogP contribution in [0.5, 0.6) is 0 Å². The minimum atomic E-state index is -0.295. The quantitative estimate of drug-likeness (QED) is 0.775. The maximum atomic E-state index is 12.0. The summed E-state index contributed by atoms with van der Waals surface area (Å²) in [7, 11) is 0. The van der Waals surface area contributed by atoms with Crippen molar-refractivity contribution in [2.75, 3.05) is 0 Å². The first kappa shape index (κ1) is 12.3. The third kappa shape index (κ3) is 2.74. The topological polar surface area (TPSA) is 39.2 Å². The van der Waals surface area contributed by atoms with E-state index < -0.39 is 0 Å². The summed E-state index contributed by atoms with van der Waals surface area (Å²) in [6, 6.07) is 11.3. The summed E-state index contributed by atoms with van der Waals surface area (Å²) in [5.74, 6) is -0.295. The van der Waals surface area contributed by atoms with Gasteiger partial charge in [0.05, 0.1) is 11.3 Å². The van der Waals surface area contributed by atoms with Gasteiger partial charge in [0.2, 0.25) is 0 Å². The fraction of sp³-hybridized carbons (Fsp3) is 0.200. The van der Waals surface area contributed by atoms with E-state index in [0.29, 0.717) is 5.56 Å². The van der Waals surface area contributed by atoms with Crippen LogP contribution in [0.4, 0.5) is 0 Å². The highest BCUT2D eigenvalue weighted by Gasteiger charge is 2.13. The standard InChI is InChI=1S/C15H15NO2/c1-11-6-5-7-12(2)14(11)15(17)18-10-13-8-3-4-9-16-13/h3-9H,10H2,1-2H3. The van der Waals surface area contributed by atoms with Gasteiger partial charge < -0.3 is 4.74 Å². The van der Waals surface area contributed by atoms with Crippen molar-refractivity contribution in [2.24, 2.45) is 0 Å². The molecule has 0 saturated heterocycles. The van der Waals surface area contributed by atoms with Crippen molar-refractivity contribution in [1.82, 2.24) is 4.98 Å². The summed E-state index contributed by atoms with van der Waals surface area (Å²) < 4.78 is 5.27. The van der Waals surface area contributed by atoms with Crippen LogP contribution in [-0.2, 0) is 11.3 Å². The zero-order valence-electron chi connectivity index (χ0n) is 10.5. The Hall–Kier alpha value is -2.16. The number of esters is 1. The Morgan fingerprint density at radius 2 is 1.83 bits per heavy atom. The normalized spacial score (nSPS) is 10.1. The number of carbonyl (C=O) groups is 1. The van der Waals surface area contributed by atoms with Gasteiger partial charge in [-0.15, -0.1) is 0 Å². The largest absolute Gasteiger partial charge is 0.456 e. The van der Waals surface area contributed by atoms with Gasteiger partial charge >= 0.3 is 5.97 Å². The number of aromatic nitrogens is 1. The van der Waals surface area contributed by atoms with E-state index in [1.807, 2.05) is 50.2 Å². The monoisotopic (exact) mass is 241 g/mol. The number of ether oxygens (including phenoxy) is 1. The fourth-order valence-corrected chi connectivity index (χ4v) is 1.83. The van der Waals surface area contributed by atoms with E-state index in [0.717, 1.165) is 16.8 Å². The van der Waals surface area contributed by atoms with Crippen molar-refractivity contribution >= 4 is 5.97 Å². The number of benzene rings is 1. The molecule has 3 heteroatoms. The van der Waals surface area contributed by atoms with Crippen LogP contribution in [0.25, 0.3) is 0 Å². The Morgan fingerprint density at radius 1 is 1.11 bits per heavy atom. The van der Waals surface area contributed by atoms with Crippen LogP contribution in [0.3, 0.4) is 0 Å². The smallest absolute Gasteiger partial charge is 0.339 e. The van der Waals surface area contributed by atoms with Gasteiger partial charge in [0.25, 0.3) is 0 Å². The molecule has 92 valence electrons. The van der Waals surface area contributed by atoms with Gasteiger partial charge in [-0.3, -0.25) is 4.98 Å². The summed E-state index contributed by atoms with van der Waals surface area (Å²) in [4.78, 5) is 16.1. The third-order valence-electron chi connectivity index (χ3n) is 2.76. The molecule has 0 unspecified atom stereocenters. The van der Waals surface area contributed by atoms with Gasteiger partial charge in [0.1, 0.15) is 6.61 Å². The van der Waals surface area contributed by atoms with Gasteiger partial charge in [-0.1, -0.05) is 24.3 Å².